The van der Waals surface area contributed by atoms with Crippen molar-refractivity contribution < 1.29 is 4.39 Å². The second-order valence-electron chi connectivity index (χ2n) is 4.27. The second kappa shape index (κ2) is 5.49. The predicted octanol–water partition coefficient (Wildman–Crippen LogP) is 2.00. The van der Waals surface area contributed by atoms with E-state index < -0.39 is 0 Å². The number of halogens is 1. The molecule has 1 aromatic carbocycles. The van der Waals surface area contributed by atoms with E-state index in [1.165, 1.54) is 17.8 Å². The highest BCUT2D eigenvalue weighted by Crippen LogP contribution is 2.28. The lowest BCUT2D eigenvalue weighted by atomic mass is 10.1. The van der Waals surface area contributed by atoms with Gasteiger partial charge < -0.3 is 10.3 Å². The fourth-order valence-electron chi connectivity index (χ4n) is 1.59. The number of hydrogen-bond donors (Lipinski definition) is 1. The monoisotopic (exact) mass is 266 g/mol. The summed E-state index contributed by atoms with van der Waals surface area (Å²) in [6.45, 7) is 1.90. The third-order valence-corrected chi connectivity index (χ3v) is 3.53. The lowest BCUT2D eigenvalue weighted by Gasteiger charge is -2.07. The molecule has 1 atom stereocenters. The molecule has 0 aliphatic heterocycles. The molecular formula is C12H15FN4S. The molecule has 0 fully saturated rings. The van der Waals surface area contributed by atoms with Crippen LogP contribution in [0.5, 0.6) is 0 Å². The first-order chi connectivity index (χ1) is 8.56. The van der Waals surface area contributed by atoms with Crippen molar-refractivity contribution in [3.8, 4) is 0 Å². The molecule has 0 spiro atoms. The van der Waals surface area contributed by atoms with Crippen LogP contribution >= 0.6 is 11.8 Å². The summed E-state index contributed by atoms with van der Waals surface area (Å²) in [6, 6.07) is 5.21. The molecular weight excluding hydrogens is 251 g/mol. The maximum absolute atomic E-state index is 13.9. The van der Waals surface area contributed by atoms with Gasteiger partial charge in [-0.3, -0.25) is 0 Å². The third-order valence-electron chi connectivity index (χ3n) is 2.43. The van der Waals surface area contributed by atoms with Crippen LogP contribution in [-0.4, -0.2) is 20.8 Å². The zero-order chi connectivity index (χ0) is 13.1. The number of rotatable bonds is 4. The molecule has 4 nitrogen and oxygen atoms in total. The van der Waals surface area contributed by atoms with Gasteiger partial charge in [-0.25, -0.2) is 4.39 Å². The van der Waals surface area contributed by atoms with Crippen LogP contribution in [0.4, 0.5) is 4.39 Å². The van der Waals surface area contributed by atoms with E-state index in [-0.39, 0.29) is 11.9 Å². The minimum absolute atomic E-state index is 0.0293. The normalized spacial score (nSPS) is 12.7. The standard InChI is InChI=1S/C12H15FN4S/c1-8(14)5-9-3-4-11(10(13)6-9)18-12-16-15-7-17(12)2/h3-4,6-8H,5,14H2,1-2H3. The zero-order valence-corrected chi connectivity index (χ0v) is 11.1. The van der Waals surface area contributed by atoms with Crippen LogP contribution in [0.1, 0.15) is 12.5 Å². The Morgan fingerprint density at radius 1 is 1.50 bits per heavy atom. The van der Waals surface area contributed by atoms with E-state index in [1.54, 1.807) is 17.0 Å². The van der Waals surface area contributed by atoms with Crippen LogP contribution in [0, 0.1) is 5.82 Å². The Balaban J connectivity index is 2.17. The Bertz CT molecular complexity index is 539. The number of hydrogen-bond acceptors (Lipinski definition) is 4. The van der Waals surface area contributed by atoms with Gasteiger partial charge in [0.05, 0.1) is 4.90 Å². The zero-order valence-electron chi connectivity index (χ0n) is 10.3. The van der Waals surface area contributed by atoms with Crippen molar-refractivity contribution in [1.29, 1.82) is 0 Å². The predicted molar refractivity (Wildman–Crippen MR) is 68.9 cm³/mol. The molecule has 1 heterocycles. The summed E-state index contributed by atoms with van der Waals surface area (Å²) in [5, 5.41) is 8.33. The lowest BCUT2D eigenvalue weighted by molar-refractivity contribution is 0.596. The van der Waals surface area contributed by atoms with Crippen LogP contribution in [0.15, 0.2) is 34.6 Å². The summed E-state index contributed by atoms with van der Waals surface area (Å²) in [5.74, 6) is -0.249. The van der Waals surface area contributed by atoms with Gasteiger partial charge in [0.25, 0.3) is 0 Å². The molecule has 0 saturated carbocycles. The molecule has 6 heteroatoms. The minimum atomic E-state index is -0.249. The number of nitrogens with two attached hydrogens (primary N) is 1. The molecule has 0 radical (unpaired) electrons. The highest BCUT2D eigenvalue weighted by atomic mass is 32.2. The van der Waals surface area contributed by atoms with Crippen LogP contribution < -0.4 is 5.73 Å². The van der Waals surface area contributed by atoms with E-state index in [0.29, 0.717) is 16.5 Å². The first-order valence-corrected chi connectivity index (χ1v) is 6.44. The van der Waals surface area contributed by atoms with Gasteiger partial charge in [0.1, 0.15) is 12.1 Å². The minimum Gasteiger partial charge on any atom is -0.328 e. The molecule has 0 saturated heterocycles. The van der Waals surface area contributed by atoms with Crippen molar-refractivity contribution in [2.45, 2.75) is 29.4 Å². The average Bonchev–Trinajstić information content (AvgIpc) is 2.67. The Hall–Kier alpha value is -1.40. The van der Waals surface area contributed by atoms with E-state index in [9.17, 15) is 4.39 Å². The molecule has 2 aromatic rings. The van der Waals surface area contributed by atoms with Crippen molar-refractivity contribution in [3.63, 3.8) is 0 Å². The van der Waals surface area contributed by atoms with Crippen molar-refractivity contribution in [2.24, 2.45) is 12.8 Å². The maximum atomic E-state index is 13.9. The molecule has 2 N–H and O–H groups in total. The SMILES string of the molecule is CC(N)Cc1ccc(Sc2nncn2C)c(F)c1. The molecule has 96 valence electrons. The maximum Gasteiger partial charge on any atom is 0.195 e. The van der Waals surface area contributed by atoms with Gasteiger partial charge in [0, 0.05) is 13.1 Å². The Morgan fingerprint density at radius 3 is 2.83 bits per heavy atom. The smallest absolute Gasteiger partial charge is 0.195 e. The Morgan fingerprint density at radius 2 is 2.28 bits per heavy atom. The number of nitrogens with zero attached hydrogens (tertiary/aromatic N) is 3. The third kappa shape index (κ3) is 3.08. The van der Waals surface area contributed by atoms with E-state index >= 15 is 0 Å². The summed E-state index contributed by atoms with van der Waals surface area (Å²) in [7, 11) is 1.82. The first kappa shape index (κ1) is 13.0. The molecule has 18 heavy (non-hydrogen) atoms. The van der Waals surface area contributed by atoms with Crippen molar-refractivity contribution in [2.75, 3.05) is 0 Å². The van der Waals surface area contributed by atoms with E-state index in [4.69, 9.17) is 5.73 Å². The molecule has 1 unspecified atom stereocenters. The number of aryl methyl sites for hydroxylation is 1. The van der Waals surface area contributed by atoms with Gasteiger partial charge in [0.2, 0.25) is 0 Å². The number of benzene rings is 1. The van der Waals surface area contributed by atoms with Crippen molar-refractivity contribution >= 4 is 11.8 Å². The molecule has 1 aromatic heterocycles. The van der Waals surface area contributed by atoms with Gasteiger partial charge in [-0.05, 0) is 42.8 Å². The Kier molecular flexibility index (Phi) is 3.98. The molecule has 2 rings (SSSR count). The van der Waals surface area contributed by atoms with Gasteiger partial charge in [0.15, 0.2) is 5.16 Å². The summed E-state index contributed by atoms with van der Waals surface area (Å²) < 4.78 is 15.7. The topological polar surface area (TPSA) is 56.7 Å². The quantitative estimate of drug-likeness (QED) is 0.919. The van der Waals surface area contributed by atoms with Gasteiger partial charge in [-0.2, -0.15) is 0 Å². The average molecular weight is 266 g/mol. The van der Waals surface area contributed by atoms with Crippen LogP contribution in [0.3, 0.4) is 0 Å². The fraction of sp³-hybridized carbons (Fsp3) is 0.333. The van der Waals surface area contributed by atoms with E-state index in [2.05, 4.69) is 10.2 Å². The molecule has 0 aliphatic rings. The summed E-state index contributed by atoms with van der Waals surface area (Å²) >= 11 is 1.26. The van der Waals surface area contributed by atoms with Gasteiger partial charge in [-0.15, -0.1) is 10.2 Å². The summed E-state index contributed by atoms with van der Waals surface area (Å²) in [5.41, 5.74) is 6.60. The number of aromatic nitrogens is 3. The lowest BCUT2D eigenvalue weighted by Crippen LogP contribution is -2.17. The summed E-state index contributed by atoms with van der Waals surface area (Å²) in [6.07, 6.45) is 2.26. The largest absolute Gasteiger partial charge is 0.328 e. The fourth-order valence-corrected chi connectivity index (χ4v) is 2.36. The highest BCUT2D eigenvalue weighted by molar-refractivity contribution is 7.99. The van der Waals surface area contributed by atoms with E-state index in [1.807, 2.05) is 20.0 Å². The Labute approximate surface area is 109 Å². The molecule has 0 amide bonds. The van der Waals surface area contributed by atoms with Crippen LogP contribution in [0.2, 0.25) is 0 Å². The van der Waals surface area contributed by atoms with Gasteiger partial charge in [-0.1, -0.05) is 6.07 Å². The van der Waals surface area contributed by atoms with Crippen LogP contribution in [0.25, 0.3) is 0 Å². The van der Waals surface area contributed by atoms with Crippen molar-refractivity contribution in [3.05, 3.63) is 35.9 Å². The van der Waals surface area contributed by atoms with E-state index in [0.717, 1.165) is 5.56 Å². The van der Waals surface area contributed by atoms with Gasteiger partial charge >= 0.3 is 0 Å². The van der Waals surface area contributed by atoms with Crippen LogP contribution in [-0.2, 0) is 13.5 Å². The second-order valence-corrected chi connectivity index (χ2v) is 5.28. The molecule has 0 aliphatic carbocycles. The first-order valence-electron chi connectivity index (χ1n) is 5.62. The summed E-state index contributed by atoms with van der Waals surface area (Å²) in [4.78, 5) is 0.541. The molecule has 0 bridgehead atoms. The highest BCUT2D eigenvalue weighted by Gasteiger charge is 2.09. The van der Waals surface area contributed by atoms with Crippen molar-refractivity contribution in [1.82, 2.24) is 14.8 Å².